The maximum atomic E-state index is 12.9. The molecule has 0 spiro atoms. The Bertz CT molecular complexity index is 333. The third-order valence-corrected chi connectivity index (χ3v) is 2.28. The topological polar surface area (TPSA) is 0 Å². The van der Waals surface area contributed by atoms with Crippen LogP contribution in [0.4, 0.5) is 17.6 Å². The molecule has 0 saturated carbocycles. The lowest BCUT2D eigenvalue weighted by atomic mass is 10.1. The Morgan fingerprint density at radius 2 is 1.87 bits per heavy atom. The van der Waals surface area contributed by atoms with Crippen LogP contribution in [0, 0.1) is 5.82 Å². The first-order valence-electron chi connectivity index (χ1n) is 4.41. The highest BCUT2D eigenvalue weighted by molar-refractivity contribution is 7.80. The third-order valence-electron chi connectivity index (χ3n) is 1.96. The second-order valence-corrected chi connectivity index (χ2v) is 3.59. The lowest BCUT2D eigenvalue weighted by Gasteiger charge is -2.09. The van der Waals surface area contributed by atoms with Crippen molar-refractivity contribution in [2.24, 2.45) is 0 Å². The number of thiol groups is 1. The molecule has 1 aromatic rings. The average Bonchev–Trinajstić information content (AvgIpc) is 2.15. The lowest BCUT2D eigenvalue weighted by Crippen LogP contribution is -2.08. The molecule has 1 aromatic carbocycles. The van der Waals surface area contributed by atoms with Crippen molar-refractivity contribution in [3.63, 3.8) is 0 Å². The molecule has 1 rings (SSSR count). The highest BCUT2D eigenvalue weighted by atomic mass is 32.1. The van der Waals surface area contributed by atoms with E-state index in [1.165, 1.54) is 6.07 Å². The Morgan fingerprint density at radius 3 is 2.40 bits per heavy atom. The zero-order valence-corrected chi connectivity index (χ0v) is 8.71. The zero-order chi connectivity index (χ0) is 11.5. The van der Waals surface area contributed by atoms with E-state index in [0.29, 0.717) is 24.2 Å². The summed E-state index contributed by atoms with van der Waals surface area (Å²) in [4.78, 5) is 0. The Balaban J connectivity index is 2.95. The van der Waals surface area contributed by atoms with Gasteiger partial charge in [0.1, 0.15) is 5.82 Å². The first-order valence-corrected chi connectivity index (χ1v) is 5.05. The van der Waals surface area contributed by atoms with Crippen molar-refractivity contribution in [3.05, 3.63) is 35.1 Å². The summed E-state index contributed by atoms with van der Waals surface area (Å²) in [6.07, 6.45) is -3.47. The Hall–Kier alpha value is -0.710. The molecule has 0 saturated heterocycles. The van der Waals surface area contributed by atoms with Gasteiger partial charge in [-0.1, -0.05) is 6.07 Å². The van der Waals surface area contributed by atoms with Crippen molar-refractivity contribution in [2.75, 3.05) is 5.75 Å². The molecule has 0 unspecified atom stereocenters. The van der Waals surface area contributed by atoms with E-state index >= 15 is 0 Å². The van der Waals surface area contributed by atoms with Crippen molar-refractivity contribution in [3.8, 4) is 0 Å². The number of hydrogen-bond donors (Lipinski definition) is 1. The van der Waals surface area contributed by atoms with Crippen LogP contribution < -0.4 is 0 Å². The van der Waals surface area contributed by atoms with E-state index in [4.69, 9.17) is 0 Å². The van der Waals surface area contributed by atoms with Gasteiger partial charge in [0.15, 0.2) is 0 Å². The number of halogens is 4. The minimum Gasteiger partial charge on any atom is -0.206 e. The molecule has 15 heavy (non-hydrogen) atoms. The van der Waals surface area contributed by atoms with Crippen molar-refractivity contribution in [2.45, 2.75) is 19.0 Å². The van der Waals surface area contributed by atoms with Crippen LogP contribution in [0.25, 0.3) is 0 Å². The van der Waals surface area contributed by atoms with Crippen molar-refractivity contribution >= 4 is 12.6 Å². The highest BCUT2D eigenvalue weighted by Crippen LogP contribution is 2.32. The SMILES string of the molecule is Fc1ccc(CCCS)cc1C(F)(F)F. The zero-order valence-electron chi connectivity index (χ0n) is 7.81. The molecular weight excluding hydrogens is 228 g/mol. The lowest BCUT2D eigenvalue weighted by molar-refractivity contribution is -0.140. The summed E-state index contributed by atoms with van der Waals surface area (Å²) >= 11 is 3.96. The van der Waals surface area contributed by atoms with E-state index in [1.54, 1.807) is 0 Å². The largest absolute Gasteiger partial charge is 0.419 e. The number of aryl methyl sites for hydroxylation is 1. The Labute approximate surface area is 90.7 Å². The van der Waals surface area contributed by atoms with Gasteiger partial charge in [0.05, 0.1) is 5.56 Å². The summed E-state index contributed by atoms with van der Waals surface area (Å²) in [5.74, 6) is -0.629. The standard InChI is InChI=1S/C10H10F4S/c11-9-4-3-7(2-1-5-15)6-8(9)10(12,13)14/h3-4,6,15H,1-2,5H2. The molecule has 0 N–H and O–H groups in total. The molecule has 0 fully saturated rings. The van der Waals surface area contributed by atoms with Gasteiger partial charge in [0.25, 0.3) is 0 Å². The molecule has 0 aliphatic carbocycles. The van der Waals surface area contributed by atoms with Crippen molar-refractivity contribution < 1.29 is 17.6 Å². The molecule has 84 valence electrons. The summed E-state index contributed by atoms with van der Waals surface area (Å²) in [5, 5.41) is 0. The fourth-order valence-electron chi connectivity index (χ4n) is 1.23. The van der Waals surface area contributed by atoms with E-state index in [9.17, 15) is 17.6 Å². The van der Waals surface area contributed by atoms with Gasteiger partial charge in [-0.25, -0.2) is 4.39 Å². The number of benzene rings is 1. The van der Waals surface area contributed by atoms with Gasteiger partial charge in [0, 0.05) is 0 Å². The molecule has 0 heterocycles. The fourth-order valence-corrected chi connectivity index (χ4v) is 1.39. The van der Waals surface area contributed by atoms with E-state index in [2.05, 4.69) is 12.6 Å². The second kappa shape index (κ2) is 4.88. The molecular formula is C10H10F4S. The van der Waals surface area contributed by atoms with E-state index in [-0.39, 0.29) is 0 Å². The first kappa shape index (κ1) is 12.4. The predicted molar refractivity (Wildman–Crippen MR) is 53.6 cm³/mol. The van der Waals surface area contributed by atoms with Gasteiger partial charge in [0.2, 0.25) is 0 Å². The van der Waals surface area contributed by atoms with Crippen LogP contribution in [-0.4, -0.2) is 5.75 Å². The van der Waals surface area contributed by atoms with Crippen LogP contribution in [-0.2, 0) is 12.6 Å². The summed E-state index contributed by atoms with van der Waals surface area (Å²) in [5.41, 5.74) is -0.711. The maximum absolute atomic E-state index is 12.9. The molecule has 0 radical (unpaired) electrons. The summed E-state index contributed by atoms with van der Waals surface area (Å²) < 4.78 is 49.7. The molecule has 0 atom stereocenters. The number of alkyl halides is 3. The highest BCUT2D eigenvalue weighted by Gasteiger charge is 2.33. The van der Waals surface area contributed by atoms with Crippen LogP contribution in [0.15, 0.2) is 18.2 Å². The number of rotatable bonds is 3. The van der Waals surface area contributed by atoms with Crippen molar-refractivity contribution in [1.29, 1.82) is 0 Å². The second-order valence-electron chi connectivity index (χ2n) is 3.14. The number of hydrogen-bond acceptors (Lipinski definition) is 1. The smallest absolute Gasteiger partial charge is 0.206 e. The van der Waals surface area contributed by atoms with Crippen molar-refractivity contribution in [1.82, 2.24) is 0 Å². The molecule has 5 heteroatoms. The monoisotopic (exact) mass is 238 g/mol. The molecule has 0 aliphatic heterocycles. The van der Waals surface area contributed by atoms with Gasteiger partial charge >= 0.3 is 6.18 Å². The van der Waals surface area contributed by atoms with E-state index in [0.717, 1.165) is 12.1 Å². The first-order chi connectivity index (χ1) is 6.95. The molecule has 0 amide bonds. The van der Waals surface area contributed by atoms with E-state index in [1.807, 2.05) is 0 Å². The summed E-state index contributed by atoms with van der Waals surface area (Å²) in [6, 6.07) is 3.09. The van der Waals surface area contributed by atoms with Gasteiger partial charge in [-0.2, -0.15) is 25.8 Å². The quantitative estimate of drug-likeness (QED) is 0.602. The van der Waals surface area contributed by atoms with Crippen LogP contribution in [0.1, 0.15) is 17.5 Å². The van der Waals surface area contributed by atoms with Crippen LogP contribution >= 0.6 is 12.6 Å². The minimum atomic E-state index is -4.62. The van der Waals surface area contributed by atoms with Gasteiger partial charge in [-0.3, -0.25) is 0 Å². The normalized spacial score (nSPS) is 11.8. The van der Waals surface area contributed by atoms with Crippen LogP contribution in [0.5, 0.6) is 0 Å². The third kappa shape index (κ3) is 3.41. The predicted octanol–water partition coefficient (Wildman–Crippen LogP) is 3.71. The Morgan fingerprint density at radius 1 is 1.20 bits per heavy atom. The fraction of sp³-hybridized carbons (Fsp3) is 0.400. The van der Waals surface area contributed by atoms with Gasteiger partial charge in [-0.05, 0) is 36.3 Å². The molecule has 0 bridgehead atoms. The van der Waals surface area contributed by atoms with Gasteiger partial charge in [-0.15, -0.1) is 0 Å². The maximum Gasteiger partial charge on any atom is 0.419 e. The molecule has 0 aromatic heterocycles. The van der Waals surface area contributed by atoms with Gasteiger partial charge < -0.3 is 0 Å². The molecule has 0 nitrogen and oxygen atoms in total. The van der Waals surface area contributed by atoms with Crippen LogP contribution in [0.3, 0.4) is 0 Å². The summed E-state index contributed by atoms with van der Waals surface area (Å²) in [6.45, 7) is 0. The average molecular weight is 238 g/mol. The van der Waals surface area contributed by atoms with E-state index < -0.39 is 17.6 Å². The minimum absolute atomic E-state index is 0.479. The summed E-state index contributed by atoms with van der Waals surface area (Å²) in [7, 11) is 0. The van der Waals surface area contributed by atoms with Crippen LogP contribution in [0.2, 0.25) is 0 Å². The molecule has 0 aliphatic rings. The Kier molecular flexibility index (Phi) is 4.02.